The summed E-state index contributed by atoms with van der Waals surface area (Å²) in [5.74, 6) is 2.40. The lowest BCUT2D eigenvalue weighted by molar-refractivity contribution is 0.517. The van der Waals surface area contributed by atoms with Crippen LogP contribution in [0, 0.1) is 6.92 Å². The van der Waals surface area contributed by atoms with Crippen LogP contribution in [0.4, 0.5) is 5.82 Å². The van der Waals surface area contributed by atoms with E-state index in [-0.39, 0.29) is 0 Å². The molecule has 0 fully saturated rings. The second kappa shape index (κ2) is 9.16. The Labute approximate surface area is 179 Å². The summed E-state index contributed by atoms with van der Waals surface area (Å²) in [4.78, 5) is 9.45. The van der Waals surface area contributed by atoms with Crippen LogP contribution in [0.5, 0.6) is 0 Å². The molecule has 1 N–H and O–H groups in total. The first-order chi connectivity index (χ1) is 14.2. The molecule has 146 valence electrons. The lowest BCUT2D eigenvalue weighted by Gasteiger charge is -2.10. The minimum absolute atomic E-state index is 0.568. The number of nitrogens with one attached hydrogen (secondary N) is 1. The Morgan fingerprint density at radius 3 is 2.52 bits per heavy atom. The average molecular weight is 422 g/mol. The standard InChI is InChI=1S/C23H20ClN3OS/c1-16-4-8-18(9-5-16)21-13-22(25-14-20-3-2-12-28-20)27-23(26-21)29-15-17-6-10-19(24)11-7-17/h2-13H,14-15H2,1H3,(H,25,26,27). The first kappa shape index (κ1) is 19.6. The monoisotopic (exact) mass is 421 g/mol. The molecule has 2 heterocycles. The summed E-state index contributed by atoms with van der Waals surface area (Å²) in [6.07, 6.45) is 1.67. The Hall–Kier alpha value is -2.76. The first-order valence-corrected chi connectivity index (χ1v) is 10.6. The van der Waals surface area contributed by atoms with Crippen LogP contribution >= 0.6 is 23.4 Å². The lowest BCUT2D eigenvalue weighted by atomic mass is 10.1. The molecule has 0 bridgehead atoms. The molecule has 0 atom stereocenters. The first-order valence-electron chi connectivity index (χ1n) is 9.25. The number of aromatic nitrogens is 2. The van der Waals surface area contributed by atoms with E-state index in [1.807, 2.05) is 42.5 Å². The van der Waals surface area contributed by atoms with Crippen LogP contribution in [0.25, 0.3) is 11.3 Å². The maximum Gasteiger partial charge on any atom is 0.190 e. The summed E-state index contributed by atoms with van der Waals surface area (Å²) >= 11 is 7.58. The van der Waals surface area contributed by atoms with E-state index < -0.39 is 0 Å². The third-order valence-electron chi connectivity index (χ3n) is 4.36. The van der Waals surface area contributed by atoms with Crippen molar-refractivity contribution in [1.29, 1.82) is 0 Å². The van der Waals surface area contributed by atoms with Gasteiger partial charge >= 0.3 is 0 Å². The highest BCUT2D eigenvalue weighted by Gasteiger charge is 2.09. The Morgan fingerprint density at radius 1 is 1.00 bits per heavy atom. The van der Waals surface area contributed by atoms with Crippen LogP contribution in [0.15, 0.2) is 82.6 Å². The van der Waals surface area contributed by atoms with Crippen molar-refractivity contribution in [2.24, 2.45) is 0 Å². The summed E-state index contributed by atoms with van der Waals surface area (Å²) < 4.78 is 5.41. The van der Waals surface area contributed by atoms with Crippen molar-refractivity contribution in [3.05, 3.63) is 94.9 Å². The molecule has 0 saturated carbocycles. The van der Waals surface area contributed by atoms with Crippen molar-refractivity contribution in [1.82, 2.24) is 9.97 Å². The van der Waals surface area contributed by atoms with Gasteiger partial charge in [-0.25, -0.2) is 9.97 Å². The molecular weight excluding hydrogens is 402 g/mol. The van der Waals surface area contributed by atoms with Gasteiger partial charge in [0, 0.05) is 22.4 Å². The van der Waals surface area contributed by atoms with Crippen LogP contribution in [0.3, 0.4) is 0 Å². The zero-order valence-electron chi connectivity index (χ0n) is 15.9. The lowest BCUT2D eigenvalue weighted by Crippen LogP contribution is -2.03. The number of furan rings is 1. The molecule has 0 aliphatic carbocycles. The minimum Gasteiger partial charge on any atom is -0.467 e. The van der Waals surface area contributed by atoms with Crippen molar-refractivity contribution in [3.8, 4) is 11.3 Å². The van der Waals surface area contributed by atoms with Gasteiger partial charge in [0.05, 0.1) is 18.5 Å². The number of anilines is 1. The summed E-state index contributed by atoms with van der Waals surface area (Å²) in [5, 5.41) is 4.80. The Kier molecular flexibility index (Phi) is 6.17. The van der Waals surface area contributed by atoms with Crippen molar-refractivity contribution >= 4 is 29.2 Å². The molecule has 4 aromatic rings. The minimum atomic E-state index is 0.568. The van der Waals surface area contributed by atoms with Crippen LogP contribution in [-0.2, 0) is 12.3 Å². The maximum absolute atomic E-state index is 5.98. The number of hydrogen-bond donors (Lipinski definition) is 1. The second-order valence-corrected chi connectivity index (χ2v) is 8.01. The molecule has 4 nitrogen and oxygen atoms in total. The molecule has 0 amide bonds. The highest BCUT2D eigenvalue weighted by Crippen LogP contribution is 2.27. The van der Waals surface area contributed by atoms with Crippen LogP contribution in [0.2, 0.25) is 5.02 Å². The highest BCUT2D eigenvalue weighted by atomic mass is 35.5. The quantitative estimate of drug-likeness (QED) is 0.269. The molecule has 0 unspecified atom stereocenters. The van der Waals surface area contributed by atoms with Gasteiger partial charge in [-0.3, -0.25) is 0 Å². The molecule has 0 aliphatic heterocycles. The zero-order valence-corrected chi connectivity index (χ0v) is 17.5. The van der Waals surface area contributed by atoms with E-state index in [1.54, 1.807) is 18.0 Å². The van der Waals surface area contributed by atoms with Gasteiger partial charge < -0.3 is 9.73 Å². The van der Waals surface area contributed by atoms with E-state index in [0.29, 0.717) is 6.54 Å². The molecular formula is C23H20ClN3OS. The highest BCUT2D eigenvalue weighted by molar-refractivity contribution is 7.98. The number of halogens is 1. The molecule has 0 saturated heterocycles. The van der Waals surface area contributed by atoms with E-state index in [2.05, 4.69) is 41.5 Å². The molecule has 29 heavy (non-hydrogen) atoms. The number of thioether (sulfide) groups is 1. The van der Waals surface area contributed by atoms with Gasteiger partial charge in [-0.05, 0) is 36.8 Å². The molecule has 2 aromatic carbocycles. The molecule has 0 aliphatic rings. The third-order valence-corrected chi connectivity index (χ3v) is 5.53. The van der Waals surface area contributed by atoms with Gasteiger partial charge in [0.15, 0.2) is 5.16 Å². The Morgan fingerprint density at radius 2 is 1.79 bits per heavy atom. The SMILES string of the molecule is Cc1ccc(-c2cc(NCc3ccco3)nc(SCc3ccc(Cl)cc3)n2)cc1. The fourth-order valence-electron chi connectivity index (χ4n) is 2.77. The van der Waals surface area contributed by atoms with Gasteiger partial charge in [-0.2, -0.15) is 0 Å². The Balaban J connectivity index is 1.57. The number of rotatable bonds is 7. The molecule has 4 rings (SSSR count). The van der Waals surface area contributed by atoms with Gasteiger partial charge in [-0.15, -0.1) is 0 Å². The van der Waals surface area contributed by atoms with Crippen molar-refractivity contribution < 1.29 is 4.42 Å². The number of hydrogen-bond acceptors (Lipinski definition) is 5. The smallest absolute Gasteiger partial charge is 0.190 e. The molecule has 6 heteroatoms. The van der Waals surface area contributed by atoms with Gasteiger partial charge in [0.2, 0.25) is 0 Å². The van der Waals surface area contributed by atoms with Gasteiger partial charge in [0.1, 0.15) is 11.6 Å². The molecule has 0 spiro atoms. The second-order valence-electron chi connectivity index (χ2n) is 6.64. The normalized spacial score (nSPS) is 10.8. The van der Waals surface area contributed by atoms with Gasteiger partial charge in [-0.1, -0.05) is 65.3 Å². The molecule has 0 radical (unpaired) electrons. The van der Waals surface area contributed by atoms with Crippen LogP contribution < -0.4 is 5.32 Å². The summed E-state index contributed by atoms with van der Waals surface area (Å²) in [6, 6.07) is 22.0. The molecule has 2 aromatic heterocycles. The third kappa shape index (κ3) is 5.40. The summed E-state index contributed by atoms with van der Waals surface area (Å²) in [6.45, 7) is 2.64. The van der Waals surface area contributed by atoms with Crippen molar-refractivity contribution in [2.45, 2.75) is 24.4 Å². The number of aryl methyl sites for hydroxylation is 1. The summed E-state index contributed by atoms with van der Waals surface area (Å²) in [7, 11) is 0. The zero-order chi connectivity index (χ0) is 20.1. The number of benzene rings is 2. The van der Waals surface area contributed by atoms with Crippen LogP contribution in [0.1, 0.15) is 16.9 Å². The van der Waals surface area contributed by atoms with E-state index in [1.165, 1.54) is 11.1 Å². The maximum atomic E-state index is 5.98. The average Bonchev–Trinajstić information content (AvgIpc) is 3.26. The van der Waals surface area contributed by atoms with Crippen molar-refractivity contribution in [2.75, 3.05) is 5.32 Å². The fraction of sp³-hybridized carbons (Fsp3) is 0.130. The van der Waals surface area contributed by atoms with E-state index in [0.717, 1.165) is 38.8 Å². The predicted octanol–water partition coefficient (Wildman–Crippen LogP) is 6.60. The largest absolute Gasteiger partial charge is 0.467 e. The van der Waals surface area contributed by atoms with Crippen molar-refractivity contribution in [3.63, 3.8) is 0 Å². The van der Waals surface area contributed by atoms with Crippen LogP contribution in [-0.4, -0.2) is 9.97 Å². The van der Waals surface area contributed by atoms with Gasteiger partial charge in [0.25, 0.3) is 0 Å². The fourth-order valence-corrected chi connectivity index (χ4v) is 3.71. The Bertz CT molecular complexity index is 1060. The summed E-state index contributed by atoms with van der Waals surface area (Å²) in [5.41, 5.74) is 4.35. The van der Waals surface area contributed by atoms with E-state index in [9.17, 15) is 0 Å². The predicted molar refractivity (Wildman–Crippen MR) is 119 cm³/mol. The van der Waals surface area contributed by atoms with E-state index in [4.69, 9.17) is 21.0 Å². The van der Waals surface area contributed by atoms with E-state index >= 15 is 0 Å². The number of nitrogens with zero attached hydrogens (tertiary/aromatic N) is 2. The topological polar surface area (TPSA) is 51.0 Å².